The van der Waals surface area contributed by atoms with E-state index in [1.807, 2.05) is 24.3 Å². The Morgan fingerprint density at radius 1 is 0.522 bits per heavy atom. The summed E-state index contributed by atoms with van der Waals surface area (Å²) in [5.74, 6) is 1.71. The van der Waals surface area contributed by atoms with Crippen LogP contribution < -0.4 is 4.74 Å². The number of rotatable bonds is 4. The van der Waals surface area contributed by atoms with Gasteiger partial charge in [-0.2, -0.15) is 0 Å². The molecule has 0 unspecified atom stereocenters. The third kappa shape index (κ3) is 3.21. The van der Waals surface area contributed by atoms with Crippen LogP contribution in [0.5, 0.6) is 11.5 Å². The molecule has 0 N–H and O–H groups in total. The molecule has 0 saturated carbocycles. The van der Waals surface area contributed by atoms with Crippen LogP contribution in [0.15, 0.2) is 83.6 Å². The van der Waals surface area contributed by atoms with E-state index in [4.69, 9.17) is 4.74 Å². The van der Waals surface area contributed by atoms with Gasteiger partial charge in [-0.3, -0.25) is 0 Å². The molecule has 1 nitrogen and oxygen atoms in total. The summed E-state index contributed by atoms with van der Waals surface area (Å²) in [6.07, 6.45) is 0. The Labute approximate surface area is 143 Å². The van der Waals surface area contributed by atoms with E-state index in [2.05, 4.69) is 59.3 Å². The largest absolute Gasteiger partial charge is 0.457 e. The number of benzene rings is 2. The zero-order valence-corrected chi connectivity index (χ0v) is 13.9. The molecule has 0 aliphatic heterocycles. The highest BCUT2D eigenvalue weighted by Crippen LogP contribution is 2.30. The van der Waals surface area contributed by atoms with Crippen LogP contribution >= 0.6 is 22.7 Å². The monoisotopic (exact) mass is 334 g/mol. The summed E-state index contributed by atoms with van der Waals surface area (Å²) < 4.78 is 5.93. The van der Waals surface area contributed by atoms with E-state index in [0.717, 1.165) is 11.5 Å². The maximum Gasteiger partial charge on any atom is 0.127 e. The van der Waals surface area contributed by atoms with Crippen molar-refractivity contribution in [1.29, 1.82) is 0 Å². The number of hydrogen-bond donors (Lipinski definition) is 0. The fourth-order valence-corrected chi connectivity index (χ4v) is 3.86. The fourth-order valence-electron chi connectivity index (χ4n) is 2.40. The third-order valence-electron chi connectivity index (χ3n) is 3.56. The smallest absolute Gasteiger partial charge is 0.127 e. The van der Waals surface area contributed by atoms with Gasteiger partial charge in [0.15, 0.2) is 0 Å². The molecule has 0 atom stereocenters. The lowest BCUT2D eigenvalue weighted by atomic mass is 10.2. The van der Waals surface area contributed by atoms with Crippen molar-refractivity contribution in [2.45, 2.75) is 0 Å². The molecule has 2 aromatic heterocycles. The van der Waals surface area contributed by atoms with Crippen LogP contribution in [0, 0.1) is 0 Å². The highest BCUT2D eigenvalue weighted by Gasteiger charge is 2.02. The minimum Gasteiger partial charge on any atom is -0.457 e. The normalized spacial score (nSPS) is 10.6. The van der Waals surface area contributed by atoms with Gasteiger partial charge in [-0.15, -0.1) is 22.7 Å². The average molecular weight is 334 g/mol. The van der Waals surface area contributed by atoms with Crippen molar-refractivity contribution >= 4 is 22.7 Å². The standard InChI is InChI=1S/C20H14OS2/c1-3-19(22-13-1)15-5-9-17(10-6-15)21-18-11-7-16(8-12-18)20-4-2-14-23-20/h1-14H. The lowest BCUT2D eigenvalue weighted by molar-refractivity contribution is 0.483. The minimum absolute atomic E-state index is 0.856. The Bertz CT molecular complexity index is 783. The van der Waals surface area contributed by atoms with Gasteiger partial charge in [0, 0.05) is 9.75 Å². The van der Waals surface area contributed by atoms with Gasteiger partial charge in [-0.25, -0.2) is 0 Å². The van der Waals surface area contributed by atoms with Crippen LogP contribution in [0.25, 0.3) is 20.9 Å². The molecular formula is C20H14OS2. The molecule has 0 saturated heterocycles. The van der Waals surface area contributed by atoms with Crippen LogP contribution in [0.2, 0.25) is 0 Å². The predicted octanol–water partition coefficient (Wildman–Crippen LogP) is 6.94. The lowest BCUT2D eigenvalue weighted by Crippen LogP contribution is -1.84. The highest BCUT2D eigenvalue weighted by atomic mass is 32.1. The van der Waals surface area contributed by atoms with Crippen molar-refractivity contribution in [2.75, 3.05) is 0 Å². The first-order valence-electron chi connectivity index (χ1n) is 7.34. The molecule has 4 aromatic rings. The van der Waals surface area contributed by atoms with Gasteiger partial charge in [0.2, 0.25) is 0 Å². The van der Waals surface area contributed by atoms with E-state index in [-0.39, 0.29) is 0 Å². The van der Waals surface area contributed by atoms with Gasteiger partial charge < -0.3 is 4.74 Å². The maximum absolute atomic E-state index is 5.93. The van der Waals surface area contributed by atoms with Crippen LogP contribution in [0.4, 0.5) is 0 Å². The van der Waals surface area contributed by atoms with E-state index in [0.29, 0.717) is 0 Å². The van der Waals surface area contributed by atoms with Crippen LogP contribution in [-0.4, -0.2) is 0 Å². The summed E-state index contributed by atoms with van der Waals surface area (Å²) in [7, 11) is 0. The molecular weight excluding hydrogens is 320 g/mol. The van der Waals surface area contributed by atoms with Gasteiger partial charge >= 0.3 is 0 Å². The SMILES string of the molecule is c1csc(-c2ccc(Oc3ccc(-c4cccs4)cc3)cc2)c1. The van der Waals surface area contributed by atoms with Crippen molar-refractivity contribution in [3.8, 4) is 32.4 Å². The predicted molar refractivity (Wildman–Crippen MR) is 99.6 cm³/mol. The summed E-state index contributed by atoms with van der Waals surface area (Å²) in [5.41, 5.74) is 2.45. The van der Waals surface area contributed by atoms with E-state index < -0.39 is 0 Å². The van der Waals surface area contributed by atoms with Gasteiger partial charge in [0.25, 0.3) is 0 Å². The molecule has 23 heavy (non-hydrogen) atoms. The zero-order valence-electron chi connectivity index (χ0n) is 12.3. The quantitative estimate of drug-likeness (QED) is 0.393. The van der Waals surface area contributed by atoms with E-state index in [9.17, 15) is 0 Å². The van der Waals surface area contributed by atoms with Crippen LogP contribution in [0.3, 0.4) is 0 Å². The fraction of sp³-hybridized carbons (Fsp3) is 0. The molecule has 4 rings (SSSR count). The molecule has 0 bridgehead atoms. The number of hydrogen-bond acceptors (Lipinski definition) is 3. The first-order valence-corrected chi connectivity index (χ1v) is 9.10. The van der Waals surface area contributed by atoms with Gasteiger partial charge in [-0.05, 0) is 82.6 Å². The molecule has 0 aliphatic rings. The Hall–Kier alpha value is -2.36. The summed E-state index contributed by atoms with van der Waals surface area (Å²) in [5, 5.41) is 4.18. The van der Waals surface area contributed by atoms with Crippen LogP contribution in [-0.2, 0) is 0 Å². The van der Waals surface area contributed by atoms with Crippen molar-refractivity contribution in [2.24, 2.45) is 0 Å². The van der Waals surface area contributed by atoms with Crippen molar-refractivity contribution < 1.29 is 4.74 Å². The molecule has 2 aromatic carbocycles. The van der Waals surface area contributed by atoms with E-state index in [1.165, 1.54) is 20.9 Å². The molecule has 112 valence electrons. The Morgan fingerprint density at radius 3 is 1.30 bits per heavy atom. The Balaban J connectivity index is 1.49. The van der Waals surface area contributed by atoms with Crippen molar-refractivity contribution in [3.05, 3.63) is 83.6 Å². The topological polar surface area (TPSA) is 9.23 Å². The van der Waals surface area contributed by atoms with Crippen LogP contribution in [0.1, 0.15) is 0 Å². The van der Waals surface area contributed by atoms with Gasteiger partial charge in [0.1, 0.15) is 11.5 Å². The van der Waals surface area contributed by atoms with Crippen molar-refractivity contribution in [1.82, 2.24) is 0 Å². The Morgan fingerprint density at radius 2 is 0.957 bits per heavy atom. The number of thiophene rings is 2. The van der Waals surface area contributed by atoms with Gasteiger partial charge in [0.05, 0.1) is 0 Å². The molecule has 3 heteroatoms. The molecule has 0 radical (unpaired) electrons. The maximum atomic E-state index is 5.93. The minimum atomic E-state index is 0.856. The van der Waals surface area contributed by atoms with Crippen molar-refractivity contribution in [3.63, 3.8) is 0 Å². The Kier molecular flexibility index (Phi) is 3.97. The zero-order chi connectivity index (χ0) is 15.5. The first kappa shape index (κ1) is 14.2. The first-order chi connectivity index (χ1) is 11.4. The molecule has 0 amide bonds. The third-order valence-corrected chi connectivity index (χ3v) is 5.39. The summed E-state index contributed by atoms with van der Waals surface area (Å²) in [6, 6.07) is 24.9. The second kappa shape index (κ2) is 6.41. The van der Waals surface area contributed by atoms with E-state index in [1.54, 1.807) is 22.7 Å². The molecule has 0 fully saturated rings. The molecule has 0 aliphatic carbocycles. The lowest BCUT2D eigenvalue weighted by Gasteiger charge is -2.07. The number of ether oxygens (including phenoxy) is 1. The molecule has 0 spiro atoms. The molecule has 2 heterocycles. The summed E-state index contributed by atoms with van der Waals surface area (Å²) in [6.45, 7) is 0. The van der Waals surface area contributed by atoms with E-state index >= 15 is 0 Å². The second-order valence-corrected chi connectivity index (χ2v) is 7.00. The summed E-state index contributed by atoms with van der Waals surface area (Å²) >= 11 is 3.49. The summed E-state index contributed by atoms with van der Waals surface area (Å²) in [4.78, 5) is 2.55. The average Bonchev–Trinajstić information content (AvgIpc) is 3.30. The highest BCUT2D eigenvalue weighted by molar-refractivity contribution is 7.13. The van der Waals surface area contributed by atoms with Gasteiger partial charge in [-0.1, -0.05) is 12.1 Å². The second-order valence-electron chi connectivity index (χ2n) is 5.11.